The van der Waals surface area contributed by atoms with Crippen LogP contribution in [0.15, 0.2) is 18.2 Å². The molecule has 7 heteroatoms. The van der Waals surface area contributed by atoms with Crippen LogP contribution in [0.5, 0.6) is 5.75 Å². The molecule has 0 aliphatic rings. The molecule has 0 saturated carbocycles. The van der Waals surface area contributed by atoms with Crippen molar-refractivity contribution in [3.63, 3.8) is 0 Å². The van der Waals surface area contributed by atoms with Crippen molar-refractivity contribution in [3.05, 3.63) is 28.8 Å². The molecule has 0 amide bonds. The minimum Gasteiger partial charge on any atom is -0.483 e. The predicted octanol–water partition coefficient (Wildman–Crippen LogP) is 2.50. The minimum absolute atomic E-state index is 0.126. The Morgan fingerprint density at radius 2 is 2.11 bits per heavy atom. The molecule has 0 aliphatic carbocycles. The molecule has 0 saturated heterocycles. The van der Waals surface area contributed by atoms with Crippen molar-refractivity contribution in [2.75, 3.05) is 20.4 Å². The molecule has 2 N–H and O–H groups in total. The molecule has 0 bridgehead atoms. The first-order chi connectivity index (χ1) is 8.62. The van der Waals surface area contributed by atoms with Crippen molar-refractivity contribution in [3.8, 4) is 5.75 Å². The SMILES string of the molecule is CNOC(=N)c1ccc(OC(CF)CF)c(Cl)c1. The van der Waals surface area contributed by atoms with Crippen LogP contribution in [-0.4, -0.2) is 32.4 Å². The number of halogens is 3. The van der Waals surface area contributed by atoms with Crippen LogP contribution in [0, 0.1) is 5.41 Å². The van der Waals surface area contributed by atoms with E-state index in [4.69, 9.17) is 26.6 Å². The third kappa shape index (κ3) is 3.82. The molecular weight excluding hydrogens is 266 g/mol. The van der Waals surface area contributed by atoms with E-state index in [1.165, 1.54) is 25.2 Å². The summed E-state index contributed by atoms with van der Waals surface area (Å²) in [7, 11) is 1.51. The normalized spacial score (nSPS) is 10.5. The van der Waals surface area contributed by atoms with Gasteiger partial charge in [0, 0.05) is 12.6 Å². The molecular formula is C11H13ClF2N2O2. The van der Waals surface area contributed by atoms with E-state index < -0.39 is 19.5 Å². The Hall–Kier alpha value is -1.40. The van der Waals surface area contributed by atoms with Gasteiger partial charge in [0.1, 0.15) is 19.1 Å². The number of ether oxygens (including phenoxy) is 1. The Labute approximate surface area is 108 Å². The first kappa shape index (κ1) is 14.7. The van der Waals surface area contributed by atoms with Crippen LogP contribution in [0.2, 0.25) is 5.02 Å². The summed E-state index contributed by atoms with van der Waals surface area (Å²) >= 11 is 5.89. The van der Waals surface area contributed by atoms with Crippen LogP contribution in [0.1, 0.15) is 5.56 Å². The lowest BCUT2D eigenvalue weighted by atomic mass is 10.2. The first-order valence-electron chi connectivity index (χ1n) is 5.13. The van der Waals surface area contributed by atoms with Gasteiger partial charge in [-0.1, -0.05) is 11.6 Å². The third-order valence-corrected chi connectivity index (χ3v) is 2.33. The summed E-state index contributed by atoms with van der Waals surface area (Å²) in [6, 6.07) is 4.36. The molecule has 0 atom stereocenters. The monoisotopic (exact) mass is 278 g/mol. The zero-order valence-electron chi connectivity index (χ0n) is 9.67. The van der Waals surface area contributed by atoms with Gasteiger partial charge in [-0.2, -0.15) is 5.48 Å². The summed E-state index contributed by atoms with van der Waals surface area (Å²) in [5.74, 6) is 0.0384. The Morgan fingerprint density at radius 3 is 2.61 bits per heavy atom. The fourth-order valence-corrected chi connectivity index (χ4v) is 1.41. The van der Waals surface area contributed by atoms with Gasteiger partial charge < -0.3 is 9.57 Å². The molecule has 1 aromatic carbocycles. The van der Waals surface area contributed by atoms with E-state index in [-0.39, 0.29) is 16.7 Å². The van der Waals surface area contributed by atoms with Gasteiger partial charge in [0.2, 0.25) is 5.90 Å². The number of alkyl halides is 2. The fourth-order valence-electron chi connectivity index (χ4n) is 1.18. The van der Waals surface area contributed by atoms with Gasteiger partial charge in [-0.15, -0.1) is 0 Å². The lowest BCUT2D eigenvalue weighted by molar-refractivity contribution is 0.133. The molecule has 0 fully saturated rings. The van der Waals surface area contributed by atoms with Crippen molar-refractivity contribution in [1.29, 1.82) is 5.41 Å². The smallest absolute Gasteiger partial charge is 0.237 e. The van der Waals surface area contributed by atoms with Gasteiger partial charge in [-0.25, -0.2) is 8.78 Å². The van der Waals surface area contributed by atoms with Crippen molar-refractivity contribution in [2.45, 2.75) is 6.10 Å². The van der Waals surface area contributed by atoms with E-state index >= 15 is 0 Å². The number of rotatable bonds is 6. The maximum absolute atomic E-state index is 12.3. The number of hydroxylamine groups is 1. The van der Waals surface area contributed by atoms with Gasteiger partial charge in [0.05, 0.1) is 5.02 Å². The molecule has 0 aliphatic heterocycles. The third-order valence-electron chi connectivity index (χ3n) is 2.04. The van der Waals surface area contributed by atoms with Crippen LogP contribution in [0.3, 0.4) is 0 Å². The Bertz CT molecular complexity index is 414. The van der Waals surface area contributed by atoms with Crippen molar-refractivity contribution >= 4 is 17.5 Å². The summed E-state index contributed by atoms with van der Waals surface area (Å²) in [4.78, 5) is 4.76. The zero-order valence-corrected chi connectivity index (χ0v) is 10.4. The Balaban J connectivity index is 2.82. The molecule has 1 rings (SSSR count). The van der Waals surface area contributed by atoms with Crippen LogP contribution in [0.25, 0.3) is 0 Å². The minimum atomic E-state index is -1.17. The number of hydrogen-bond donors (Lipinski definition) is 2. The van der Waals surface area contributed by atoms with Crippen LogP contribution in [0.4, 0.5) is 8.78 Å². The summed E-state index contributed by atoms with van der Waals surface area (Å²) in [6.45, 7) is -1.87. The molecule has 100 valence electrons. The Morgan fingerprint density at radius 1 is 1.44 bits per heavy atom. The number of benzene rings is 1. The molecule has 0 unspecified atom stereocenters. The maximum Gasteiger partial charge on any atom is 0.237 e. The number of nitrogens with one attached hydrogen (secondary N) is 2. The fraction of sp³-hybridized carbons (Fsp3) is 0.364. The zero-order chi connectivity index (χ0) is 13.5. The van der Waals surface area contributed by atoms with Crippen LogP contribution < -0.4 is 10.2 Å². The van der Waals surface area contributed by atoms with Gasteiger partial charge in [-0.3, -0.25) is 5.41 Å². The van der Waals surface area contributed by atoms with E-state index in [9.17, 15) is 8.78 Å². The second-order valence-corrected chi connectivity index (χ2v) is 3.74. The summed E-state index contributed by atoms with van der Waals surface area (Å²) in [5, 5.41) is 7.66. The molecule has 1 aromatic rings. The second kappa shape index (κ2) is 7.13. The molecule has 18 heavy (non-hydrogen) atoms. The van der Waals surface area contributed by atoms with E-state index in [0.717, 1.165) is 0 Å². The average Bonchev–Trinajstić information content (AvgIpc) is 2.37. The summed E-state index contributed by atoms with van der Waals surface area (Å²) in [6.07, 6.45) is -1.17. The maximum atomic E-state index is 12.3. The highest BCUT2D eigenvalue weighted by atomic mass is 35.5. The highest BCUT2D eigenvalue weighted by molar-refractivity contribution is 6.32. The highest BCUT2D eigenvalue weighted by Gasteiger charge is 2.13. The van der Waals surface area contributed by atoms with E-state index in [0.29, 0.717) is 5.56 Å². The summed E-state index contributed by atoms with van der Waals surface area (Å²) in [5.41, 5.74) is 2.77. The lowest BCUT2D eigenvalue weighted by Gasteiger charge is -2.14. The second-order valence-electron chi connectivity index (χ2n) is 3.33. The predicted molar refractivity (Wildman–Crippen MR) is 64.8 cm³/mol. The lowest BCUT2D eigenvalue weighted by Crippen LogP contribution is -2.21. The summed E-state index contributed by atoms with van der Waals surface area (Å²) < 4.78 is 29.7. The van der Waals surface area contributed by atoms with E-state index in [1.54, 1.807) is 0 Å². The molecule has 0 heterocycles. The van der Waals surface area contributed by atoms with Crippen LogP contribution >= 0.6 is 11.6 Å². The van der Waals surface area contributed by atoms with Gasteiger partial charge in [-0.05, 0) is 18.2 Å². The van der Waals surface area contributed by atoms with Gasteiger partial charge in [0.25, 0.3) is 0 Å². The van der Waals surface area contributed by atoms with Crippen molar-refractivity contribution in [2.24, 2.45) is 0 Å². The largest absolute Gasteiger partial charge is 0.483 e. The van der Waals surface area contributed by atoms with E-state index in [1.807, 2.05) is 0 Å². The number of hydrogen-bond acceptors (Lipinski definition) is 4. The molecule has 0 spiro atoms. The van der Waals surface area contributed by atoms with Crippen molar-refractivity contribution < 1.29 is 18.4 Å². The molecule has 0 aromatic heterocycles. The average molecular weight is 279 g/mol. The van der Waals surface area contributed by atoms with Crippen molar-refractivity contribution in [1.82, 2.24) is 5.48 Å². The van der Waals surface area contributed by atoms with Crippen LogP contribution in [-0.2, 0) is 4.84 Å². The molecule has 4 nitrogen and oxygen atoms in total. The van der Waals surface area contributed by atoms with Gasteiger partial charge in [0.15, 0.2) is 6.10 Å². The van der Waals surface area contributed by atoms with Gasteiger partial charge >= 0.3 is 0 Å². The molecule has 0 radical (unpaired) electrons. The quantitative estimate of drug-likeness (QED) is 0.478. The topological polar surface area (TPSA) is 54.3 Å². The standard InChI is InChI=1S/C11H13ClF2N2O2/c1-16-18-11(15)7-2-3-10(9(12)4-7)17-8(5-13)6-14/h2-4,8,15-16H,5-6H2,1H3. The Kier molecular flexibility index (Phi) is 5.80. The van der Waals surface area contributed by atoms with E-state index in [2.05, 4.69) is 5.48 Å². The first-order valence-corrected chi connectivity index (χ1v) is 5.50. The highest BCUT2D eigenvalue weighted by Crippen LogP contribution is 2.26.